The molecule has 0 radical (unpaired) electrons. The number of nitrogens with zero attached hydrogens (tertiary/aromatic N) is 1. The second-order valence-corrected chi connectivity index (χ2v) is 2.81. The third-order valence-electron chi connectivity index (χ3n) is 2.04. The molecule has 1 N–H and O–H groups in total. The maximum atomic E-state index is 4.33. The Morgan fingerprint density at radius 1 is 1.33 bits per heavy atom. The van der Waals surface area contributed by atoms with Crippen molar-refractivity contribution in [3.05, 3.63) is 5.32 Å². The molecule has 3 heteroatoms. The van der Waals surface area contributed by atoms with Crippen molar-refractivity contribution < 1.29 is 58.2 Å². The summed E-state index contributed by atoms with van der Waals surface area (Å²) in [6.07, 6.45) is 2.72. The van der Waals surface area contributed by atoms with Gasteiger partial charge in [-0.25, -0.2) is 0 Å². The van der Waals surface area contributed by atoms with E-state index >= 15 is 0 Å². The van der Waals surface area contributed by atoms with Gasteiger partial charge in [0.25, 0.3) is 0 Å². The molecule has 2 nitrogen and oxygen atoms in total. The van der Waals surface area contributed by atoms with Crippen LogP contribution in [-0.4, -0.2) is 25.2 Å². The van der Waals surface area contributed by atoms with Crippen LogP contribution in [0.1, 0.15) is 12.8 Å². The number of hydrogen-bond acceptors (Lipinski definition) is 1. The Labute approximate surface area is 105 Å². The van der Waals surface area contributed by atoms with E-state index in [1.54, 1.807) is 0 Å². The van der Waals surface area contributed by atoms with Gasteiger partial charge >= 0.3 is 58.2 Å². The summed E-state index contributed by atoms with van der Waals surface area (Å²) in [6.45, 7) is 3.22. The first-order chi connectivity index (χ1) is 3.91. The van der Waals surface area contributed by atoms with Gasteiger partial charge in [0.2, 0.25) is 0 Å². The van der Waals surface area contributed by atoms with E-state index in [0.29, 0.717) is 5.54 Å². The van der Waals surface area contributed by atoms with Gasteiger partial charge in [0, 0.05) is 0 Å². The minimum Gasteiger partial charge on any atom is -0.660 e. The summed E-state index contributed by atoms with van der Waals surface area (Å²) >= 11 is 0. The van der Waals surface area contributed by atoms with Crippen LogP contribution in [0.2, 0.25) is 0 Å². The van der Waals surface area contributed by atoms with Crippen molar-refractivity contribution >= 4 is 0 Å². The standard InChI is InChI=1S/C6H11N2.Rb/c1-2-6(1)5-7-3-4-8-6;/h8H,1-5H2;/q-1;+1. The third kappa shape index (κ3) is 2.07. The van der Waals surface area contributed by atoms with Gasteiger partial charge in [0.15, 0.2) is 0 Å². The molecule has 0 aromatic carbocycles. The van der Waals surface area contributed by atoms with Crippen molar-refractivity contribution in [2.45, 2.75) is 18.4 Å². The van der Waals surface area contributed by atoms with Gasteiger partial charge in [-0.15, -0.1) is 13.1 Å². The number of nitrogens with one attached hydrogen (secondary N) is 1. The molecule has 0 atom stereocenters. The second kappa shape index (κ2) is 3.41. The van der Waals surface area contributed by atoms with Crippen LogP contribution in [0.25, 0.3) is 5.32 Å². The molecule has 0 amide bonds. The predicted molar refractivity (Wildman–Crippen MR) is 33.1 cm³/mol. The Hall–Kier alpha value is 1.73. The maximum absolute atomic E-state index is 4.33. The van der Waals surface area contributed by atoms with E-state index in [2.05, 4.69) is 10.6 Å². The molecule has 1 aliphatic carbocycles. The Balaban J connectivity index is 0.000000405. The van der Waals surface area contributed by atoms with Crippen LogP contribution in [0, 0.1) is 0 Å². The van der Waals surface area contributed by atoms with E-state index < -0.39 is 0 Å². The normalized spacial score (nSPS) is 29.3. The molecule has 1 spiro atoms. The summed E-state index contributed by atoms with van der Waals surface area (Å²) in [5, 5.41) is 7.81. The molecule has 0 bridgehead atoms. The molecule has 1 heterocycles. The minimum atomic E-state index is 0. The van der Waals surface area contributed by atoms with E-state index in [9.17, 15) is 0 Å². The van der Waals surface area contributed by atoms with Crippen molar-refractivity contribution in [3.8, 4) is 0 Å². The van der Waals surface area contributed by atoms with Crippen molar-refractivity contribution in [3.63, 3.8) is 0 Å². The fraction of sp³-hybridized carbons (Fsp3) is 1.00. The average Bonchev–Trinajstić information content (AvgIpc) is 2.52. The Morgan fingerprint density at radius 3 is 2.44 bits per heavy atom. The summed E-state index contributed by atoms with van der Waals surface area (Å²) in [5.41, 5.74) is 0.512. The fourth-order valence-corrected chi connectivity index (χ4v) is 1.23. The summed E-state index contributed by atoms with van der Waals surface area (Å²) < 4.78 is 0. The monoisotopic (exact) mass is 196 g/mol. The molecule has 2 fully saturated rings. The number of rotatable bonds is 0. The van der Waals surface area contributed by atoms with Gasteiger partial charge in [-0.1, -0.05) is 0 Å². The van der Waals surface area contributed by atoms with E-state index in [4.69, 9.17) is 0 Å². The van der Waals surface area contributed by atoms with Gasteiger partial charge in [0.1, 0.15) is 0 Å². The Morgan fingerprint density at radius 2 is 2.11 bits per heavy atom. The third-order valence-corrected chi connectivity index (χ3v) is 2.04. The topological polar surface area (TPSA) is 26.1 Å². The van der Waals surface area contributed by atoms with Gasteiger partial charge in [-0.05, 0) is 24.9 Å². The number of hydrogen-bond donors (Lipinski definition) is 1. The van der Waals surface area contributed by atoms with Gasteiger partial charge in [0.05, 0.1) is 0 Å². The quantitative estimate of drug-likeness (QED) is 0.456. The molecular weight excluding hydrogens is 186 g/mol. The van der Waals surface area contributed by atoms with E-state index in [1.807, 2.05) is 0 Å². The smallest absolute Gasteiger partial charge is 0.660 e. The van der Waals surface area contributed by atoms with Gasteiger partial charge in [-0.2, -0.15) is 0 Å². The molecular formula is C6H11N2Rb. The first kappa shape index (κ1) is 8.82. The SMILES string of the molecule is C1CNC2(CC2)C[N-]1.[Rb+]. The van der Waals surface area contributed by atoms with E-state index in [-0.39, 0.29) is 58.2 Å². The second-order valence-electron chi connectivity index (χ2n) is 2.81. The van der Waals surface area contributed by atoms with Crippen LogP contribution >= 0.6 is 0 Å². The predicted octanol–water partition coefficient (Wildman–Crippen LogP) is -2.50. The molecule has 1 saturated heterocycles. The fourth-order valence-electron chi connectivity index (χ4n) is 1.23. The summed E-state index contributed by atoms with van der Waals surface area (Å²) in [4.78, 5) is 0. The van der Waals surface area contributed by atoms with Crippen molar-refractivity contribution in [1.82, 2.24) is 5.32 Å². The molecule has 2 aliphatic rings. The van der Waals surface area contributed by atoms with Gasteiger partial charge in [-0.3, -0.25) is 0 Å². The molecule has 1 saturated carbocycles. The molecule has 1 aliphatic heterocycles. The molecule has 0 unspecified atom stereocenters. The maximum Gasteiger partial charge on any atom is 1.00 e. The Bertz CT molecular complexity index is 93.2. The van der Waals surface area contributed by atoms with Crippen LogP contribution in [0.5, 0.6) is 0 Å². The van der Waals surface area contributed by atoms with Crippen LogP contribution < -0.4 is 63.5 Å². The van der Waals surface area contributed by atoms with Gasteiger partial charge < -0.3 is 10.6 Å². The molecule has 0 aromatic rings. The molecule has 2 rings (SSSR count). The van der Waals surface area contributed by atoms with Crippen molar-refractivity contribution in [1.29, 1.82) is 0 Å². The van der Waals surface area contributed by atoms with Crippen molar-refractivity contribution in [2.24, 2.45) is 0 Å². The summed E-state index contributed by atoms with van der Waals surface area (Å²) in [5.74, 6) is 0. The summed E-state index contributed by atoms with van der Waals surface area (Å²) in [7, 11) is 0. The van der Waals surface area contributed by atoms with Crippen LogP contribution in [0.15, 0.2) is 0 Å². The van der Waals surface area contributed by atoms with Crippen LogP contribution in [0.3, 0.4) is 0 Å². The Kier molecular flexibility index (Phi) is 3.35. The largest absolute Gasteiger partial charge is 1.00 e. The van der Waals surface area contributed by atoms with E-state index in [1.165, 1.54) is 12.8 Å². The van der Waals surface area contributed by atoms with Crippen LogP contribution in [0.4, 0.5) is 0 Å². The van der Waals surface area contributed by atoms with Crippen molar-refractivity contribution in [2.75, 3.05) is 19.6 Å². The first-order valence-electron chi connectivity index (χ1n) is 3.30. The first-order valence-corrected chi connectivity index (χ1v) is 3.30. The zero-order valence-electron chi connectivity index (χ0n) is 5.98. The molecule has 0 aromatic heterocycles. The zero-order chi connectivity index (χ0) is 5.45. The van der Waals surface area contributed by atoms with Crippen LogP contribution in [-0.2, 0) is 0 Å². The zero-order valence-corrected chi connectivity index (χ0v) is 10.9. The minimum absolute atomic E-state index is 0. The number of piperazine rings is 1. The molecule has 9 heavy (non-hydrogen) atoms. The van der Waals surface area contributed by atoms with E-state index in [0.717, 1.165) is 19.6 Å². The summed E-state index contributed by atoms with van der Waals surface area (Å²) in [6, 6.07) is 0. The molecule has 46 valence electrons. The average molecular weight is 197 g/mol.